The van der Waals surface area contributed by atoms with Crippen molar-refractivity contribution in [3.05, 3.63) is 5.32 Å². The fourth-order valence-electron chi connectivity index (χ4n) is 1.12. The molecule has 1 rings (SSSR count). The molecule has 0 radical (unpaired) electrons. The zero-order chi connectivity index (χ0) is 9.90. The molecule has 0 aliphatic carbocycles. The van der Waals surface area contributed by atoms with Crippen LogP contribution >= 0.6 is 0 Å². The van der Waals surface area contributed by atoms with Gasteiger partial charge in [-0.15, -0.1) is 13.1 Å². The Morgan fingerprint density at radius 1 is 1.29 bits per heavy atom. The van der Waals surface area contributed by atoms with Crippen LogP contribution in [-0.2, 0) is 4.74 Å². The number of hydrogen-bond donors (Lipinski definition) is 0. The van der Waals surface area contributed by atoms with E-state index >= 15 is 0 Å². The number of rotatable bonds is 0. The molecule has 0 bridgehead atoms. The van der Waals surface area contributed by atoms with E-state index in [2.05, 4.69) is 5.32 Å². The van der Waals surface area contributed by atoms with E-state index in [9.17, 15) is 4.79 Å². The molecule has 0 aromatic rings. The molecular formula is C9H17KN2O2. The normalized spacial score (nSPS) is 17.2. The molecule has 1 heterocycles. The standard InChI is InChI=1S/C9H17N2O2.K/c1-9(2,3)13-8(12)11-6-4-10-5-7-11;/h4-7H2,1-3H3;/q-1;+1. The Labute approximate surface area is 128 Å². The number of amides is 1. The van der Waals surface area contributed by atoms with Crippen molar-refractivity contribution in [3.8, 4) is 0 Å². The van der Waals surface area contributed by atoms with E-state index in [4.69, 9.17) is 4.74 Å². The summed E-state index contributed by atoms with van der Waals surface area (Å²) in [5, 5.41) is 4.16. The fraction of sp³-hybridized carbons (Fsp3) is 0.889. The molecule has 0 aromatic heterocycles. The molecule has 0 aromatic carbocycles. The zero-order valence-electron chi connectivity index (χ0n) is 9.54. The Hall–Kier alpha value is 0.866. The maximum absolute atomic E-state index is 11.5. The first-order valence-corrected chi connectivity index (χ1v) is 4.60. The molecular weight excluding hydrogens is 207 g/mol. The van der Waals surface area contributed by atoms with Crippen LogP contribution in [-0.4, -0.2) is 42.8 Å². The minimum Gasteiger partial charge on any atom is -0.659 e. The van der Waals surface area contributed by atoms with E-state index in [0.29, 0.717) is 13.1 Å². The monoisotopic (exact) mass is 224 g/mol. The van der Waals surface area contributed by atoms with Crippen molar-refractivity contribution >= 4 is 6.09 Å². The smallest absolute Gasteiger partial charge is 0.659 e. The van der Waals surface area contributed by atoms with Gasteiger partial charge >= 0.3 is 57.5 Å². The SMILES string of the molecule is CC(C)(C)OC(=O)N1CC[N-]CC1.[K+]. The maximum atomic E-state index is 11.5. The molecule has 1 aliphatic heterocycles. The van der Waals surface area contributed by atoms with Crippen molar-refractivity contribution in [1.82, 2.24) is 4.90 Å². The summed E-state index contributed by atoms with van der Waals surface area (Å²) in [5.41, 5.74) is -0.397. The van der Waals surface area contributed by atoms with E-state index in [1.54, 1.807) is 4.90 Å². The minimum absolute atomic E-state index is 0. The van der Waals surface area contributed by atoms with Crippen molar-refractivity contribution < 1.29 is 60.9 Å². The van der Waals surface area contributed by atoms with Crippen LogP contribution in [0.15, 0.2) is 0 Å². The molecule has 76 valence electrons. The van der Waals surface area contributed by atoms with E-state index in [1.807, 2.05) is 20.8 Å². The summed E-state index contributed by atoms with van der Waals surface area (Å²) >= 11 is 0. The number of hydrogen-bond acceptors (Lipinski definition) is 2. The van der Waals surface area contributed by atoms with Gasteiger partial charge in [-0.2, -0.15) is 0 Å². The second kappa shape index (κ2) is 6.45. The average Bonchev–Trinajstić information content (AvgIpc) is 2.03. The fourth-order valence-corrected chi connectivity index (χ4v) is 1.12. The molecule has 1 aliphatic rings. The van der Waals surface area contributed by atoms with Gasteiger partial charge in [0.15, 0.2) is 0 Å². The zero-order valence-corrected chi connectivity index (χ0v) is 12.7. The van der Waals surface area contributed by atoms with Gasteiger partial charge in [0, 0.05) is 13.1 Å². The van der Waals surface area contributed by atoms with Gasteiger partial charge in [0.05, 0.1) is 0 Å². The molecule has 14 heavy (non-hydrogen) atoms. The molecule has 0 spiro atoms. The number of nitrogens with zero attached hydrogens (tertiary/aromatic N) is 2. The Morgan fingerprint density at radius 3 is 2.21 bits per heavy atom. The van der Waals surface area contributed by atoms with Crippen molar-refractivity contribution in [2.45, 2.75) is 26.4 Å². The summed E-state index contributed by atoms with van der Waals surface area (Å²) < 4.78 is 5.22. The molecule has 4 nitrogen and oxygen atoms in total. The minimum atomic E-state index is -0.397. The van der Waals surface area contributed by atoms with Crippen molar-refractivity contribution in [2.75, 3.05) is 26.2 Å². The first-order valence-electron chi connectivity index (χ1n) is 4.60. The van der Waals surface area contributed by atoms with Gasteiger partial charge in [-0.05, 0) is 20.8 Å². The number of ether oxygens (including phenoxy) is 1. The summed E-state index contributed by atoms with van der Waals surface area (Å²) in [6.07, 6.45) is -0.220. The van der Waals surface area contributed by atoms with Crippen LogP contribution in [0.4, 0.5) is 4.79 Å². The van der Waals surface area contributed by atoms with Gasteiger partial charge in [0.2, 0.25) is 0 Å². The molecule has 1 saturated heterocycles. The average molecular weight is 224 g/mol. The molecule has 0 N–H and O–H groups in total. The largest absolute Gasteiger partial charge is 1.00 e. The quantitative estimate of drug-likeness (QED) is 0.476. The number of carbonyl (C=O) groups is 1. The molecule has 0 unspecified atom stereocenters. The van der Waals surface area contributed by atoms with Crippen LogP contribution in [0.25, 0.3) is 5.32 Å². The predicted octanol–water partition coefficient (Wildman–Crippen LogP) is -1.39. The Morgan fingerprint density at radius 2 is 1.79 bits per heavy atom. The van der Waals surface area contributed by atoms with Gasteiger partial charge in [-0.25, -0.2) is 4.79 Å². The van der Waals surface area contributed by atoms with E-state index < -0.39 is 5.60 Å². The Bertz CT molecular complexity index is 186. The van der Waals surface area contributed by atoms with Crippen LogP contribution in [0.3, 0.4) is 0 Å². The first kappa shape index (κ1) is 14.9. The van der Waals surface area contributed by atoms with Crippen molar-refractivity contribution in [3.63, 3.8) is 0 Å². The third-order valence-corrected chi connectivity index (χ3v) is 1.71. The van der Waals surface area contributed by atoms with Crippen molar-refractivity contribution in [1.29, 1.82) is 0 Å². The molecule has 0 atom stereocenters. The summed E-state index contributed by atoms with van der Waals surface area (Å²) in [7, 11) is 0. The van der Waals surface area contributed by atoms with E-state index in [1.165, 1.54) is 0 Å². The van der Waals surface area contributed by atoms with Crippen LogP contribution in [0, 0.1) is 0 Å². The van der Waals surface area contributed by atoms with Gasteiger partial charge in [-0.1, -0.05) is 0 Å². The van der Waals surface area contributed by atoms with E-state index in [0.717, 1.165) is 13.1 Å². The second-order valence-corrected chi connectivity index (χ2v) is 4.14. The third-order valence-electron chi connectivity index (χ3n) is 1.71. The third kappa shape index (κ3) is 5.68. The second-order valence-electron chi connectivity index (χ2n) is 4.14. The predicted molar refractivity (Wildman–Crippen MR) is 50.9 cm³/mol. The van der Waals surface area contributed by atoms with Gasteiger partial charge in [0.25, 0.3) is 0 Å². The van der Waals surface area contributed by atoms with Gasteiger partial charge in [-0.3, -0.25) is 0 Å². The maximum Gasteiger partial charge on any atom is 1.00 e. The topological polar surface area (TPSA) is 43.6 Å². The molecule has 1 amide bonds. The van der Waals surface area contributed by atoms with Crippen LogP contribution < -0.4 is 51.4 Å². The van der Waals surface area contributed by atoms with Gasteiger partial charge in [0.1, 0.15) is 5.60 Å². The molecule has 0 saturated carbocycles. The van der Waals surface area contributed by atoms with Crippen LogP contribution in [0.2, 0.25) is 0 Å². The Balaban J connectivity index is 0.00000169. The first-order chi connectivity index (χ1) is 5.99. The summed E-state index contributed by atoms with van der Waals surface area (Å²) in [6, 6.07) is 0. The number of piperazine rings is 1. The van der Waals surface area contributed by atoms with Crippen LogP contribution in [0.5, 0.6) is 0 Å². The molecule has 1 fully saturated rings. The summed E-state index contributed by atoms with van der Waals surface area (Å²) in [5.74, 6) is 0. The van der Waals surface area contributed by atoms with Crippen LogP contribution in [0.1, 0.15) is 20.8 Å². The summed E-state index contributed by atoms with van der Waals surface area (Å²) in [4.78, 5) is 13.2. The molecule has 5 heteroatoms. The van der Waals surface area contributed by atoms with Gasteiger partial charge < -0.3 is 15.0 Å². The Kier molecular flexibility index (Phi) is 6.85. The number of carbonyl (C=O) groups excluding carboxylic acids is 1. The van der Waals surface area contributed by atoms with E-state index in [-0.39, 0.29) is 57.5 Å². The summed E-state index contributed by atoms with van der Waals surface area (Å²) in [6.45, 7) is 8.47. The van der Waals surface area contributed by atoms with Crippen molar-refractivity contribution in [2.24, 2.45) is 0 Å².